The third-order valence-corrected chi connectivity index (χ3v) is 6.06. The molecule has 2 aliphatic heterocycles. The van der Waals surface area contributed by atoms with Crippen LogP contribution in [0.3, 0.4) is 0 Å². The van der Waals surface area contributed by atoms with Crippen LogP contribution >= 0.6 is 0 Å². The first-order valence-corrected chi connectivity index (χ1v) is 11.8. The Bertz CT molecular complexity index is 1070. The fourth-order valence-corrected chi connectivity index (χ4v) is 4.13. The molecule has 0 bridgehead atoms. The second kappa shape index (κ2) is 11.2. The summed E-state index contributed by atoms with van der Waals surface area (Å²) >= 11 is 0. The van der Waals surface area contributed by atoms with Crippen LogP contribution in [0.5, 0.6) is 11.5 Å². The van der Waals surface area contributed by atoms with Crippen molar-refractivity contribution < 1.29 is 32.9 Å². The average molecular weight is 481 g/mol. The van der Waals surface area contributed by atoms with Crippen LogP contribution in [0.15, 0.2) is 66.8 Å². The Morgan fingerprint density at radius 1 is 0.800 bits per heavy atom. The van der Waals surface area contributed by atoms with Gasteiger partial charge in [0.2, 0.25) is 0 Å². The van der Waals surface area contributed by atoms with E-state index < -0.39 is 5.82 Å². The molecule has 6 nitrogen and oxygen atoms in total. The molecular weight excluding hydrogens is 451 g/mol. The highest BCUT2D eigenvalue weighted by Crippen LogP contribution is 2.28. The first-order chi connectivity index (χ1) is 16.9. The number of halogens is 1. The molecule has 0 radical (unpaired) electrons. The van der Waals surface area contributed by atoms with Crippen molar-refractivity contribution in [1.29, 1.82) is 0 Å². The first-order valence-electron chi connectivity index (χ1n) is 11.8. The summed E-state index contributed by atoms with van der Waals surface area (Å²) in [5, 5.41) is 0. The minimum absolute atomic E-state index is 0.102. The van der Waals surface area contributed by atoms with Gasteiger partial charge in [-0.15, -0.1) is 0 Å². The molecule has 2 aromatic carbocycles. The minimum atomic E-state index is -0.432. The predicted molar refractivity (Wildman–Crippen MR) is 129 cm³/mol. The molecule has 4 rings (SSSR count). The third-order valence-electron chi connectivity index (χ3n) is 6.06. The quantitative estimate of drug-likeness (QED) is 0.238. The molecule has 0 amide bonds. The van der Waals surface area contributed by atoms with Crippen LogP contribution < -0.4 is 9.47 Å². The molecule has 2 aromatic rings. The van der Waals surface area contributed by atoms with E-state index in [1.807, 2.05) is 30.3 Å². The summed E-state index contributed by atoms with van der Waals surface area (Å²) < 4.78 is 36.3. The topological polar surface area (TPSA) is 71.1 Å². The van der Waals surface area contributed by atoms with Gasteiger partial charge in [-0.25, -0.2) is 14.0 Å². The van der Waals surface area contributed by atoms with Gasteiger partial charge >= 0.3 is 11.9 Å². The number of hydrogen-bond donors (Lipinski definition) is 0. The minimum Gasteiger partial charge on any atom is -0.494 e. The van der Waals surface area contributed by atoms with Gasteiger partial charge in [-0.1, -0.05) is 31.4 Å². The molecule has 2 atom stereocenters. The average Bonchev–Trinajstić information content (AvgIpc) is 3.34. The van der Waals surface area contributed by atoms with E-state index in [0.717, 1.165) is 29.7 Å². The van der Waals surface area contributed by atoms with E-state index in [0.29, 0.717) is 50.0 Å². The summed E-state index contributed by atoms with van der Waals surface area (Å²) in [4.78, 5) is 22.7. The summed E-state index contributed by atoms with van der Waals surface area (Å²) in [6.07, 6.45) is 3.67. The molecule has 0 aliphatic carbocycles. The van der Waals surface area contributed by atoms with Crippen molar-refractivity contribution in [1.82, 2.24) is 0 Å². The standard InChI is InChI=1S/C28H29FO6/c1-18-15-23(34-27(18)30)5-3-13-32-22-10-7-20(8-11-22)21-9-12-26(25(29)17-21)33-14-4-6-24-16-19(2)28(31)35-24/h7-12,17,23-24H,1-6,13-16H2. The zero-order valence-corrected chi connectivity index (χ0v) is 19.6. The van der Waals surface area contributed by atoms with E-state index in [2.05, 4.69) is 13.2 Å². The molecule has 0 N–H and O–H groups in total. The van der Waals surface area contributed by atoms with Crippen LogP contribution in [0.1, 0.15) is 38.5 Å². The molecule has 35 heavy (non-hydrogen) atoms. The Morgan fingerprint density at radius 3 is 1.86 bits per heavy atom. The van der Waals surface area contributed by atoms with Crippen LogP contribution in [0.25, 0.3) is 11.1 Å². The highest BCUT2D eigenvalue weighted by atomic mass is 19.1. The van der Waals surface area contributed by atoms with Gasteiger partial charge in [0, 0.05) is 24.0 Å². The lowest BCUT2D eigenvalue weighted by atomic mass is 10.1. The van der Waals surface area contributed by atoms with E-state index in [9.17, 15) is 14.0 Å². The number of carbonyl (C=O) groups is 2. The normalized spacial score (nSPS) is 19.6. The van der Waals surface area contributed by atoms with E-state index in [1.165, 1.54) is 6.07 Å². The van der Waals surface area contributed by atoms with Crippen LogP contribution in [-0.4, -0.2) is 37.4 Å². The number of esters is 2. The zero-order valence-electron chi connectivity index (χ0n) is 19.6. The molecule has 0 spiro atoms. The number of carbonyl (C=O) groups excluding carboxylic acids is 2. The fourth-order valence-electron chi connectivity index (χ4n) is 4.13. The fraction of sp³-hybridized carbons (Fsp3) is 0.357. The summed E-state index contributed by atoms with van der Waals surface area (Å²) in [7, 11) is 0. The van der Waals surface area contributed by atoms with E-state index >= 15 is 0 Å². The Balaban J connectivity index is 1.20. The lowest BCUT2D eigenvalue weighted by molar-refractivity contribution is -0.140. The van der Waals surface area contributed by atoms with Crippen molar-refractivity contribution in [3.8, 4) is 22.6 Å². The van der Waals surface area contributed by atoms with Crippen molar-refractivity contribution in [2.75, 3.05) is 13.2 Å². The SMILES string of the molecule is C=C1CC(CCCOc2ccc(-c3ccc(OCCCC4CC(=C)C(=O)O4)c(F)c3)cc2)OC1=O. The van der Waals surface area contributed by atoms with Gasteiger partial charge in [0.25, 0.3) is 0 Å². The maximum Gasteiger partial charge on any atom is 0.333 e. The molecule has 184 valence electrons. The van der Waals surface area contributed by atoms with Crippen LogP contribution in [0, 0.1) is 5.82 Å². The Labute approximate surface area is 204 Å². The number of ether oxygens (including phenoxy) is 4. The van der Waals surface area contributed by atoms with Gasteiger partial charge in [-0.05, 0) is 61.1 Å². The highest BCUT2D eigenvalue weighted by molar-refractivity contribution is 5.90. The second-order valence-electron chi connectivity index (χ2n) is 8.82. The molecular formula is C28H29FO6. The molecule has 7 heteroatoms. The van der Waals surface area contributed by atoms with Crippen molar-refractivity contribution in [3.63, 3.8) is 0 Å². The largest absolute Gasteiger partial charge is 0.494 e. The van der Waals surface area contributed by atoms with Crippen molar-refractivity contribution >= 4 is 11.9 Å². The second-order valence-corrected chi connectivity index (χ2v) is 8.82. The van der Waals surface area contributed by atoms with E-state index in [4.69, 9.17) is 18.9 Å². The van der Waals surface area contributed by atoms with Crippen molar-refractivity contribution in [2.24, 2.45) is 0 Å². The van der Waals surface area contributed by atoms with Crippen LogP contribution in [0.2, 0.25) is 0 Å². The monoisotopic (exact) mass is 480 g/mol. The number of cyclic esters (lactones) is 2. The Kier molecular flexibility index (Phi) is 7.85. The molecule has 2 unspecified atom stereocenters. The van der Waals surface area contributed by atoms with Gasteiger partial charge in [0.1, 0.15) is 18.0 Å². The summed E-state index contributed by atoms with van der Waals surface area (Å²) in [5.41, 5.74) is 2.63. The van der Waals surface area contributed by atoms with Gasteiger partial charge in [0.15, 0.2) is 11.6 Å². The molecule has 0 saturated carbocycles. The zero-order chi connectivity index (χ0) is 24.8. The maximum absolute atomic E-state index is 14.6. The van der Waals surface area contributed by atoms with Crippen LogP contribution in [-0.2, 0) is 19.1 Å². The molecule has 0 aromatic heterocycles. The summed E-state index contributed by atoms with van der Waals surface area (Å²) in [5.74, 6) is -0.157. The van der Waals surface area contributed by atoms with Gasteiger partial charge < -0.3 is 18.9 Å². The van der Waals surface area contributed by atoms with Gasteiger partial charge in [0.05, 0.1) is 13.2 Å². The Hall–Kier alpha value is -3.61. The lowest BCUT2D eigenvalue weighted by Crippen LogP contribution is -2.09. The maximum atomic E-state index is 14.6. The molecule has 2 aliphatic rings. The van der Waals surface area contributed by atoms with E-state index in [1.54, 1.807) is 6.07 Å². The van der Waals surface area contributed by atoms with Gasteiger partial charge in [-0.3, -0.25) is 0 Å². The lowest BCUT2D eigenvalue weighted by Gasteiger charge is -2.12. The number of hydrogen-bond acceptors (Lipinski definition) is 6. The third kappa shape index (κ3) is 6.50. The van der Waals surface area contributed by atoms with Crippen molar-refractivity contribution in [2.45, 2.75) is 50.7 Å². The van der Waals surface area contributed by atoms with Gasteiger partial charge in [-0.2, -0.15) is 0 Å². The Morgan fingerprint density at radius 2 is 1.34 bits per heavy atom. The van der Waals surface area contributed by atoms with Crippen molar-refractivity contribution in [3.05, 3.63) is 72.6 Å². The molecule has 2 saturated heterocycles. The van der Waals surface area contributed by atoms with E-state index in [-0.39, 0.29) is 29.9 Å². The molecule has 2 fully saturated rings. The predicted octanol–water partition coefficient (Wildman–Crippen LogP) is 5.55. The van der Waals surface area contributed by atoms with Crippen LogP contribution in [0.4, 0.5) is 4.39 Å². The number of rotatable bonds is 11. The number of benzene rings is 2. The summed E-state index contributed by atoms with van der Waals surface area (Å²) in [6.45, 7) is 8.20. The smallest absolute Gasteiger partial charge is 0.333 e. The first kappa shape index (κ1) is 24.5. The molecule has 2 heterocycles. The highest BCUT2D eigenvalue weighted by Gasteiger charge is 2.27. The summed E-state index contributed by atoms with van der Waals surface area (Å²) in [6, 6.07) is 12.3.